The first-order valence-electron chi connectivity index (χ1n) is 8.51. The van der Waals surface area contributed by atoms with Gasteiger partial charge in [-0.2, -0.15) is 13.2 Å². The molecular formula is C20H16ClF3N2O3. The molecule has 0 saturated carbocycles. The quantitative estimate of drug-likeness (QED) is 0.514. The zero-order chi connectivity index (χ0) is 21.3. The Morgan fingerprint density at radius 1 is 1.21 bits per heavy atom. The van der Waals surface area contributed by atoms with Crippen LogP contribution in [0.4, 0.5) is 23.7 Å². The van der Waals surface area contributed by atoms with Gasteiger partial charge in [0.25, 0.3) is 0 Å². The number of anilines is 1. The molecule has 2 aromatic carbocycles. The molecular weight excluding hydrogens is 409 g/mol. The predicted octanol–water partition coefficient (Wildman–Crippen LogP) is 6.57. The lowest BCUT2D eigenvalue weighted by molar-refractivity contribution is -0.137. The maximum absolute atomic E-state index is 13.1. The summed E-state index contributed by atoms with van der Waals surface area (Å²) in [6.45, 7) is 3.12. The largest absolute Gasteiger partial charge is 0.465 e. The zero-order valence-corrected chi connectivity index (χ0v) is 16.1. The maximum Gasteiger partial charge on any atom is 0.416 e. The molecule has 9 heteroatoms. The number of carboxylic acid groups (broad SMARTS) is 1. The van der Waals surface area contributed by atoms with Crippen LogP contribution in [-0.4, -0.2) is 16.4 Å². The second-order valence-electron chi connectivity index (χ2n) is 6.36. The van der Waals surface area contributed by atoms with E-state index < -0.39 is 23.9 Å². The van der Waals surface area contributed by atoms with E-state index in [0.29, 0.717) is 10.6 Å². The molecule has 0 aliphatic carbocycles. The van der Waals surface area contributed by atoms with Crippen molar-refractivity contribution in [3.63, 3.8) is 0 Å². The zero-order valence-electron chi connectivity index (χ0n) is 15.4. The molecule has 0 saturated heterocycles. The lowest BCUT2D eigenvalue weighted by Gasteiger charge is -2.27. The van der Waals surface area contributed by atoms with E-state index >= 15 is 0 Å². The van der Waals surface area contributed by atoms with E-state index in [1.54, 1.807) is 31.2 Å². The van der Waals surface area contributed by atoms with Gasteiger partial charge in [-0.05, 0) is 37.6 Å². The minimum atomic E-state index is -4.55. The SMILES string of the molecule is Cc1onc(-c2cccc(C(F)(F)F)c2)c1N(C(=O)O)C(C)c1ccccc1Cl. The Kier molecular flexibility index (Phi) is 5.57. The van der Waals surface area contributed by atoms with E-state index in [2.05, 4.69) is 5.16 Å². The highest BCUT2D eigenvalue weighted by Gasteiger charge is 2.33. The van der Waals surface area contributed by atoms with Gasteiger partial charge in [0.05, 0.1) is 11.6 Å². The molecule has 0 aliphatic heterocycles. The summed E-state index contributed by atoms with van der Waals surface area (Å²) in [4.78, 5) is 13.1. The Morgan fingerprint density at radius 3 is 2.52 bits per heavy atom. The van der Waals surface area contributed by atoms with Gasteiger partial charge in [-0.1, -0.05) is 47.1 Å². The van der Waals surface area contributed by atoms with Crippen molar-refractivity contribution in [1.29, 1.82) is 0 Å². The molecule has 0 bridgehead atoms. The van der Waals surface area contributed by atoms with Crippen LogP contribution >= 0.6 is 11.6 Å². The van der Waals surface area contributed by atoms with Crippen LogP contribution in [0, 0.1) is 6.92 Å². The number of benzene rings is 2. The number of carbonyl (C=O) groups is 1. The molecule has 3 aromatic rings. The van der Waals surface area contributed by atoms with Crippen LogP contribution in [0.2, 0.25) is 5.02 Å². The Hall–Kier alpha value is -3.00. The topological polar surface area (TPSA) is 66.6 Å². The van der Waals surface area contributed by atoms with Crippen LogP contribution in [0.1, 0.15) is 29.9 Å². The van der Waals surface area contributed by atoms with Crippen molar-refractivity contribution in [2.75, 3.05) is 4.90 Å². The second-order valence-corrected chi connectivity index (χ2v) is 6.77. The van der Waals surface area contributed by atoms with Crippen molar-refractivity contribution in [3.8, 4) is 11.3 Å². The summed E-state index contributed by atoms with van der Waals surface area (Å²) in [5.41, 5.74) is -0.196. The highest BCUT2D eigenvalue weighted by atomic mass is 35.5. The van der Waals surface area contributed by atoms with E-state index in [0.717, 1.165) is 17.0 Å². The van der Waals surface area contributed by atoms with Crippen LogP contribution < -0.4 is 4.90 Å². The minimum Gasteiger partial charge on any atom is -0.465 e. The first-order chi connectivity index (χ1) is 13.6. The van der Waals surface area contributed by atoms with Gasteiger partial charge in [-0.25, -0.2) is 4.79 Å². The molecule has 0 fully saturated rings. The Bertz CT molecular complexity index is 1050. The van der Waals surface area contributed by atoms with Crippen LogP contribution in [0.25, 0.3) is 11.3 Å². The number of halogens is 4. The molecule has 29 heavy (non-hydrogen) atoms. The number of amides is 1. The number of rotatable bonds is 4. The summed E-state index contributed by atoms with van der Waals surface area (Å²) in [6, 6.07) is 10.5. The fraction of sp³-hybridized carbons (Fsp3) is 0.200. The van der Waals surface area contributed by atoms with Gasteiger partial charge in [0.1, 0.15) is 11.4 Å². The fourth-order valence-corrected chi connectivity index (χ4v) is 3.38. The number of hydrogen-bond donors (Lipinski definition) is 1. The first kappa shape index (κ1) is 20.7. The molecule has 1 N–H and O–H groups in total. The maximum atomic E-state index is 13.1. The number of alkyl halides is 3. The third-order valence-corrected chi connectivity index (χ3v) is 4.83. The Labute approximate surface area is 169 Å². The summed E-state index contributed by atoms with van der Waals surface area (Å²) in [6.07, 6.45) is -5.87. The molecule has 0 spiro atoms. The summed E-state index contributed by atoms with van der Waals surface area (Å²) in [7, 11) is 0. The third-order valence-electron chi connectivity index (χ3n) is 4.48. The number of nitrogens with zero attached hydrogens (tertiary/aromatic N) is 2. The molecule has 0 aliphatic rings. The molecule has 1 atom stereocenters. The normalized spacial score (nSPS) is 12.6. The molecule has 1 aromatic heterocycles. The molecule has 5 nitrogen and oxygen atoms in total. The Morgan fingerprint density at radius 2 is 1.90 bits per heavy atom. The summed E-state index contributed by atoms with van der Waals surface area (Å²) in [5.74, 6) is 0.152. The van der Waals surface area contributed by atoms with Gasteiger partial charge in [0.15, 0.2) is 5.76 Å². The third kappa shape index (κ3) is 4.07. The van der Waals surface area contributed by atoms with Gasteiger partial charge >= 0.3 is 12.3 Å². The molecule has 3 rings (SSSR count). The number of aromatic nitrogens is 1. The number of hydrogen-bond acceptors (Lipinski definition) is 3. The van der Waals surface area contributed by atoms with Gasteiger partial charge in [0.2, 0.25) is 0 Å². The average Bonchev–Trinajstić information content (AvgIpc) is 3.03. The van der Waals surface area contributed by atoms with Crippen molar-refractivity contribution >= 4 is 23.4 Å². The molecule has 0 radical (unpaired) electrons. The highest BCUT2D eigenvalue weighted by molar-refractivity contribution is 6.31. The number of aryl methyl sites for hydroxylation is 1. The van der Waals surface area contributed by atoms with Crippen molar-refractivity contribution in [3.05, 3.63) is 70.4 Å². The van der Waals surface area contributed by atoms with Crippen LogP contribution in [0.15, 0.2) is 53.1 Å². The van der Waals surface area contributed by atoms with Crippen molar-refractivity contribution in [1.82, 2.24) is 5.16 Å². The highest BCUT2D eigenvalue weighted by Crippen LogP contribution is 2.40. The van der Waals surface area contributed by atoms with Crippen molar-refractivity contribution in [2.45, 2.75) is 26.1 Å². The fourth-order valence-electron chi connectivity index (χ4n) is 3.09. The van der Waals surface area contributed by atoms with Gasteiger partial charge in [-0.15, -0.1) is 0 Å². The molecule has 1 amide bonds. The predicted molar refractivity (Wildman–Crippen MR) is 102 cm³/mol. The lowest BCUT2D eigenvalue weighted by Crippen LogP contribution is -2.33. The lowest BCUT2D eigenvalue weighted by atomic mass is 10.0. The van der Waals surface area contributed by atoms with Crippen molar-refractivity contribution < 1.29 is 27.6 Å². The van der Waals surface area contributed by atoms with Gasteiger partial charge in [-0.3, -0.25) is 4.90 Å². The van der Waals surface area contributed by atoms with E-state index in [-0.39, 0.29) is 22.7 Å². The Balaban J connectivity index is 2.15. The van der Waals surface area contributed by atoms with E-state index in [1.165, 1.54) is 19.1 Å². The van der Waals surface area contributed by atoms with Crippen LogP contribution in [0.5, 0.6) is 0 Å². The van der Waals surface area contributed by atoms with Crippen LogP contribution in [0.3, 0.4) is 0 Å². The smallest absolute Gasteiger partial charge is 0.416 e. The molecule has 1 heterocycles. The minimum absolute atomic E-state index is 0.00472. The summed E-state index contributed by atoms with van der Waals surface area (Å²) in [5, 5.41) is 14.1. The second kappa shape index (κ2) is 7.79. The molecule has 1 unspecified atom stereocenters. The van der Waals surface area contributed by atoms with E-state index in [1.807, 2.05) is 0 Å². The van der Waals surface area contributed by atoms with Gasteiger partial charge in [0, 0.05) is 10.6 Å². The summed E-state index contributed by atoms with van der Waals surface area (Å²) < 4.78 is 44.5. The van der Waals surface area contributed by atoms with Crippen molar-refractivity contribution in [2.24, 2.45) is 0 Å². The van der Waals surface area contributed by atoms with Crippen LogP contribution in [-0.2, 0) is 6.18 Å². The van der Waals surface area contributed by atoms with E-state index in [9.17, 15) is 23.1 Å². The molecule has 152 valence electrons. The first-order valence-corrected chi connectivity index (χ1v) is 8.89. The van der Waals surface area contributed by atoms with E-state index in [4.69, 9.17) is 16.1 Å². The standard InChI is InChI=1S/C20H16ClF3N2O3/c1-11(15-8-3-4-9-16(15)21)26(19(27)28)18-12(2)29-25-17(18)13-6-5-7-14(10-13)20(22,23)24/h3-11H,1-2H3,(H,27,28). The average molecular weight is 425 g/mol. The van der Waals surface area contributed by atoms with Gasteiger partial charge < -0.3 is 9.63 Å². The summed E-state index contributed by atoms with van der Waals surface area (Å²) >= 11 is 6.21. The monoisotopic (exact) mass is 424 g/mol.